The van der Waals surface area contributed by atoms with Gasteiger partial charge in [0.15, 0.2) is 5.82 Å². The van der Waals surface area contributed by atoms with E-state index in [1.54, 1.807) is 0 Å². The van der Waals surface area contributed by atoms with Crippen LogP contribution in [-0.4, -0.2) is 9.97 Å². The van der Waals surface area contributed by atoms with E-state index in [2.05, 4.69) is 58.8 Å². The van der Waals surface area contributed by atoms with Crippen molar-refractivity contribution in [1.82, 2.24) is 9.97 Å². The highest BCUT2D eigenvalue weighted by atomic mass is 127. The Morgan fingerprint density at radius 1 is 1.10 bits per heavy atom. The Labute approximate surface area is 138 Å². The van der Waals surface area contributed by atoms with Crippen LogP contribution in [0, 0.1) is 10.5 Å². The monoisotopic (exact) mass is 398 g/mol. The molecular formula is C16H16ClIN2. The maximum Gasteiger partial charge on any atom is 0.161 e. The Bertz CT molecular complexity index is 619. The van der Waals surface area contributed by atoms with Crippen LogP contribution in [0.5, 0.6) is 0 Å². The molecule has 0 unspecified atom stereocenters. The fourth-order valence-corrected chi connectivity index (χ4v) is 3.60. The third kappa shape index (κ3) is 2.84. The number of aryl methyl sites for hydroxylation is 1. The minimum Gasteiger partial charge on any atom is -0.232 e. The maximum atomic E-state index is 6.32. The molecule has 3 rings (SSSR count). The Kier molecular flexibility index (Phi) is 4.26. The molecule has 0 aliphatic heterocycles. The summed E-state index contributed by atoms with van der Waals surface area (Å²) >= 11 is 8.60. The second-order valence-electron chi connectivity index (χ2n) is 5.38. The number of hydrogen-bond acceptors (Lipinski definition) is 2. The van der Waals surface area contributed by atoms with Gasteiger partial charge in [-0.15, -0.1) is 0 Å². The van der Waals surface area contributed by atoms with Gasteiger partial charge in [0, 0.05) is 11.5 Å². The maximum absolute atomic E-state index is 6.32. The standard InChI is InChI=1S/C16H16ClIN2/c1-10-6-8-12(9-7-10)16-19-14(11-4-2-3-5-11)13(18)15(17)20-16/h6-9,11H,2-5H2,1H3. The van der Waals surface area contributed by atoms with E-state index in [0.717, 1.165) is 20.7 Å². The molecule has 1 aromatic carbocycles. The van der Waals surface area contributed by atoms with Crippen molar-refractivity contribution in [2.45, 2.75) is 38.5 Å². The highest BCUT2D eigenvalue weighted by Crippen LogP contribution is 2.37. The van der Waals surface area contributed by atoms with E-state index < -0.39 is 0 Å². The zero-order valence-corrected chi connectivity index (χ0v) is 14.3. The molecule has 1 fully saturated rings. The Hall–Kier alpha value is -0.680. The second kappa shape index (κ2) is 5.98. The summed E-state index contributed by atoms with van der Waals surface area (Å²) in [5.41, 5.74) is 3.41. The Balaban J connectivity index is 2.05. The highest BCUT2D eigenvalue weighted by Gasteiger charge is 2.23. The first-order chi connectivity index (χ1) is 9.65. The van der Waals surface area contributed by atoms with E-state index in [1.807, 2.05) is 0 Å². The molecule has 0 saturated heterocycles. The van der Waals surface area contributed by atoms with Crippen LogP contribution in [0.25, 0.3) is 11.4 Å². The molecular weight excluding hydrogens is 383 g/mol. The predicted octanol–water partition coefficient (Wildman–Crippen LogP) is 5.37. The first-order valence-corrected chi connectivity index (χ1v) is 8.41. The van der Waals surface area contributed by atoms with E-state index in [4.69, 9.17) is 16.6 Å². The zero-order valence-electron chi connectivity index (χ0n) is 11.4. The van der Waals surface area contributed by atoms with E-state index in [0.29, 0.717) is 11.1 Å². The number of nitrogens with zero attached hydrogens (tertiary/aromatic N) is 2. The molecule has 1 aromatic heterocycles. The van der Waals surface area contributed by atoms with Crippen molar-refractivity contribution in [3.8, 4) is 11.4 Å². The molecule has 1 aliphatic rings. The summed E-state index contributed by atoms with van der Waals surface area (Å²) in [6.45, 7) is 2.08. The van der Waals surface area contributed by atoms with Gasteiger partial charge in [-0.25, -0.2) is 9.97 Å². The number of hydrogen-bond donors (Lipinski definition) is 0. The van der Waals surface area contributed by atoms with Gasteiger partial charge in [0.2, 0.25) is 0 Å². The van der Waals surface area contributed by atoms with Crippen LogP contribution in [0.1, 0.15) is 42.9 Å². The van der Waals surface area contributed by atoms with E-state index in [-0.39, 0.29) is 0 Å². The SMILES string of the molecule is Cc1ccc(-c2nc(Cl)c(I)c(C3CCCC3)n2)cc1. The van der Waals surface area contributed by atoms with E-state index in [9.17, 15) is 0 Å². The minimum absolute atomic E-state index is 0.548. The Morgan fingerprint density at radius 2 is 1.75 bits per heavy atom. The minimum atomic E-state index is 0.548. The lowest BCUT2D eigenvalue weighted by Crippen LogP contribution is -2.04. The quantitative estimate of drug-likeness (QED) is 0.502. The van der Waals surface area contributed by atoms with Crippen molar-refractivity contribution >= 4 is 34.2 Å². The van der Waals surface area contributed by atoms with Gasteiger partial charge in [-0.3, -0.25) is 0 Å². The molecule has 0 spiro atoms. The molecule has 0 amide bonds. The average Bonchev–Trinajstić information content (AvgIpc) is 2.96. The molecule has 104 valence electrons. The molecule has 0 bridgehead atoms. The van der Waals surface area contributed by atoms with Gasteiger partial charge in [-0.1, -0.05) is 54.3 Å². The third-order valence-electron chi connectivity index (χ3n) is 3.89. The molecule has 20 heavy (non-hydrogen) atoms. The van der Waals surface area contributed by atoms with Crippen molar-refractivity contribution in [3.05, 3.63) is 44.2 Å². The molecule has 1 saturated carbocycles. The molecule has 0 N–H and O–H groups in total. The normalized spacial score (nSPS) is 15.8. The largest absolute Gasteiger partial charge is 0.232 e. The predicted molar refractivity (Wildman–Crippen MR) is 91.1 cm³/mol. The molecule has 0 atom stereocenters. The summed E-state index contributed by atoms with van der Waals surface area (Å²) < 4.78 is 1.02. The summed E-state index contributed by atoms with van der Waals surface area (Å²) in [6.07, 6.45) is 5.03. The molecule has 1 aliphatic carbocycles. The fourth-order valence-electron chi connectivity index (χ4n) is 2.74. The Morgan fingerprint density at radius 3 is 2.40 bits per heavy atom. The number of rotatable bonds is 2. The molecule has 4 heteroatoms. The van der Waals surface area contributed by atoms with Gasteiger partial charge in [-0.05, 0) is 42.4 Å². The van der Waals surface area contributed by atoms with Crippen LogP contribution in [0.3, 0.4) is 0 Å². The summed E-state index contributed by atoms with van der Waals surface area (Å²) in [4.78, 5) is 9.26. The van der Waals surface area contributed by atoms with Crippen molar-refractivity contribution in [1.29, 1.82) is 0 Å². The molecule has 2 nitrogen and oxygen atoms in total. The summed E-state index contributed by atoms with van der Waals surface area (Å²) in [6, 6.07) is 8.29. The van der Waals surface area contributed by atoms with Gasteiger partial charge in [0.1, 0.15) is 5.15 Å². The van der Waals surface area contributed by atoms with Crippen LogP contribution in [0.4, 0.5) is 0 Å². The molecule has 2 aromatic rings. The highest BCUT2D eigenvalue weighted by molar-refractivity contribution is 14.1. The smallest absolute Gasteiger partial charge is 0.161 e. The topological polar surface area (TPSA) is 25.8 Å². The van der Waals surface area contributed by atoms with Gasteiger partial charge in [-0.2, -0.15) is 0 Å². The second-order valence-corrected chi connectivity index (χ2v) is 6.82. The first-order valence-electron chi connectivity index (χ1n) is 6.95. The third-order valence-corrected chi connectivity index (χ3v) is 5.54. The lowest BCUT2D eigenvalue weighted by Gasteiger charge is -2.13. The van der Waals surface area contributed by atoms with Crippen LogP contribution in [0.2, 0.25) is 5.15 Å². The number of benzene rings is 1. The summed E-state index contributed by atoms with van der Waals surface area (Å²) in [5, 5.41) is 0.582. The van der Waals surface area contributed by atoms with Crippen LogP contribution in [-0.2, 0) is 0 Å². The summed E-state index contributed by atoms with van der Waals surface area (Å²) in [5.74, 6) is 1.30. The molecule has 0 radical (unpaired) electrons. The molecule has 1 heterocycles. The van der Waals surface area contributed by atoms with Gasteiger partial charge in [0.25, 0.3) is 0 Å². The van der Waals surface area contributed by atoms with Crippen LogP contribution >= 0.6 is 34.2 Å². The summed E-state index contributed by atoms with van der Waals surface area (Å²) in [7, 11) is 0. The van der Waals surface area contributed by atoms with Crippen molar-refractivity contribution < 1.29 is 0 Å². The van der Waals surface area contributed by atoms with E-state index in [1.165, 1.54) is 31.2 Å². The van der Waals surface area contributed by atoms with Gasteiger partial charge < -0.3 is 0 Å². The number of aromatic nitrogens is 2. The first kappa shape index (κ1) is 14.3. The van der Waals surface area contributed by atoms with Crippen molar-refractivity contribution in [2.75, 3.05) is 0 Å². The number of halogens is 2. The van der Waals surface area contributed by atoms with E-state index >= 15 is 0 Å². The van der Waals surface area contributed by atoms with Crippen molar-refractivity contribution in [2.24, 2.45) is 0 Å². The fraction of sp³-hybridized carbons (Fsp3) is 0.375. The lowest BCUT2D eigenvalue weighted by atomic mass is 10.0. The van der Waals surface area contributed by atoms with Gasteiger partial charge >= 0.3 is 0 Å². The van der Waals surface area contributed by atoms with Gasteiger partial charge in [0.05, 0.1) is 9.26 Å². The van der Waals surface area contributed by atoms with Crippen LogP contribution in [0.15, 0.2) is 24.3 Å². The van der Waals surface area contributed by atoms with Crippen LogP contribution < -0.4 is 0 Å². The average molecular weight is 399 g/mol. The lowest BCUT2D eigenvalue weighted by molar-refractivity contribution is 0.690. The van der Waals surface area contributed by atoms with Crippen molar-refractivity contribution in [3.63, 3.8) is 0 Å². The zero-order chi connectivity index (χ0) is 14.1.